The molecular formula is C17H20N2O3S. The Kier molecular flexibility index (Phi) is 4.81. The fourth-order valence-electron chi connectivity index (χ4n) is 2.42. The first-order valence-corrected chi connectivity index (χ1v) is 8.53. The topological polar surface area (TPSA) is 60.5 Å². The number of ether oxygens (including phenoxy) is 2. The molecule has 1 aromatic heterocycles. The van der Waals surface area contributed by atoms with Crippen molar-refractivity contribution >= 4 is 22.4 Å². The van der Waals surface area contributed by atoms with E-state index in [1.807, 2.05) is 23.6 Å². The summed E-state index contributed by atoms with van der Waals surface area (Å²) in [5.74, 6) is 2.10. The van der Waals surface area contributed by atoms with Gasteiger partial charge in [-0.3, -0.25) is 4.79 Å². The lowest BCUT2D eigenvalue weighted by Crippen LogP contribution is -2.12. The Labute approximate surface area is 139 Å². The summed E-state index contributed by atoms with van der Waals surface area (Å²) in [5.41, 5.74) is 2.07. The van der Waals surface area contributed by atoms with Crippen LogP contribution in [0.2, 0.25) is 0 Å². The van der Waals surface area contributed by atoms with E-state index in [1.165, 1.54) is 24.2 Å². The molecule has 1 aliphatic rings. The van der Waals surface area contributed by atoms with Crippen molar-refractivity contribution in [3.63, 3.8) is 0 Å². The molecule has 5 nitrogen and oxygen atoms in total. The third kappa shape index (κ3) is 4.01. The number of aromatic nitrogens is 1. The highest BCUT2D eigenvalue weighted by molar-refractivity contribution is 7.13. The van der Waals surface area contributed by atoms with Crippen molar-refractivity contribution in [1.29, 1.82) is 0 Å². The molecule has 0 radical (unpaired) electrons. The summed E-state index contributed by atoms with van der Waals surface area (Å²) >= 11 is 1.49. The van der Waals surface area contributed by atoms with Gasteiger partial charge in [-0.1, -0.05) is 0 Å². The predicted octanol–water partition coefficient (Wildman–Crippen LogP) is 3.61. The summed E-state index contributed by atoms with van der Waals surface area (Å²) in [6.07, 6.45) is 3.40. The van der Waals surface area contributed by atoms with Crippen LogP contribution in [0.1, 0.15) is 36.4 Å². The molecule has 0 bridgehead atoms. The van der Waals surface area contributed by atoms with Crippen molar-refractivity contribution in [2.45, 2.75) is 31.6 Å². The molecule has 1 saturated carbocycles. The number of thiazole rings is 1. The summed E-state index contributed by atoms with van der Waals surface area (Å²) in [7, 11) is 3.25. The van der Waals surface area contributed by atoms with Gasteiger partial charge in [0, 0.05) is 17.7 Å². The van der Waals surface area contributed by atoms with Crippen LogP contribution in [0.3, 0.4) is 0 Å². The van der Waals surface area contributed by atoms with Crippen LogP contribution in [0.4, 0.5) is 5.13 Å². The third-order valence-electron chi connectivity index (χ3n) is 3.87. The SMILES string of the molecule is COc1ccc(OC)c(CCC(=O)Nc2nc(C3CC3)cs2)c1. The van der Waals surface area contributed by atoms with Crippen LogP contribution >= 0.6 is 11.3 Å². The molecule has 6 heteroatoms. The molecule has 0 spiro atoms. The minimum atomic E-state index is -0.0356. The monoisotopic (exact) mass is 332 g/mol. The quantitative estimate of drug-likeness (QED) is 0.841. The van der Waals surface area contributed by atoms with Gasteiger partial charge in [-0.15, -0.1) is 11.3 Å². The second-order valence-corrected chi connectivity index (χ2v) is 6.44. The Balaban J connectivity index is 1.57. The Morgan fingerprint density at radius 2 is 2.17 bits per heavy atom. The zero-order valence-corrected chi connectivity index (χ0v) is 14.1. The molecular weight excluding hydrogens is 312 g/mol. The lowest BCUT2D eigenvalue weighted by atomic mass is 10.1. The second kappa shape index (κ2) is 7.00. The smallest absolute Gasteiger partial charge is 0.226 e. The average molecular weight is 332 g/mol. The molecule has 23 heavy (non-hydrogen) atoms. The highest BCUT2D eigenvalue weighted by atomic mass is 32.1. The Hall–Kier alpha value is -2.08. The van der Waals surface area contributed by atoms with Gasteiger partial charge in [0.2, 0.25) is 5.91 Å². The normalized spacial score (nSPS) is 13.7. The summed E-state index contributed by atoms with van der Waals surface area (Å²) in [6, 6.07) is 5.60. The van der Waals surface area contributed by atoms with Crippen LogP contribution in [0.25, 0.3) is 0 Å². The summed E-state index contributed by atoms with van der Waals surface area (Å²) in [4.78, 5) is 16.6. The molecule has 0 unspecified atom stereocenters. The van der Waals surface area contributed by atoms with Crippen molar-refractivity contribution in [1.82, 2.24) is 4.98 Å². The Morgan fingerprint density at radius 3 is 2.87 bits per heavy atom. The van der Waals surface area contributed by atoms with E-state index >= 15 is 0 Å². The largest absolute Gasteiger partial charge is 0.497 e. The van der Waals surface area contributed by atoms with Crippen molar-refractivity contribution in [3.8, 4) is 11.5 Å². The van der Waals surface area contributed by atoms with Gasteiger partial charge in [-0.25, -0.2) is 4.98 Å². The van der Waals surface area contributed by atoms with E-state index < -0.39 is 0 Å². The van der Waals surface area contributed by atoms with E-state index in [0.717, 1.165) is 22.8 Å². The van der Waals surface area contributed by atoms with E-state index in [9.17, 15) is 4.79 Å². The minimum absolute atomic E-state index is 0.0356. The molecule has 0 atom stereocenters. The van der Waals surface area contributed by atoms with Crippen molar-refractivity contribution in [2.75, 3.05) is 19.5 Å². The van der Waals surface area contributed by atoms with Gasteiger partial charge >= 0.3 is 0 Å². The highest BCUT2D eigenvalue weighted by Crippen LogP contribution is 2.40. The number of carbonyl (C=O) groups excluding carboxylic acids is 1. The van der Waals surface area contributed by atoms with Crippen LogP contribution in [0.15, 0.2) is 23.6 Å². The first-order valence-electron chi connectivity index (χ1n) is 7.65. The van der Waals surface area contributed by atoms with Crippen LogP contribution in [-0.4, -0.2) is 25.1 Å². The molecule has 1 aromatic carbocycles. The fraction of sp³-hybridized carbons (Fsp3) is 0.412. The first kappa shape index (κ1) is 15.8. The van der Waals surface area contributed by atoms with Crippen molar-refractivity contribution < 1.29 is 14.3 Å². The highest BCUT2D eigenvalue weighted by Gasteiger charge is 2.26. The van der Waals surface area contributed by atoms with Crippen LogP contribution in [-0.2, 0) is 11.2 Å². The van der Waals surface area contributed by atoms with E-state index in [1.54, 1.807) is 14.2 Å². The van der Waals surface area contributed by atoms with Crippen LogP contribution in [0, 0.1) is 0 Å². The maximum absolute atomic E-state index is 12.1. The third-order valence-corrected chi connectivity index (χ3v) is 4.65. The standard InChI is InChI=1S/C17H20N2O3S/c1-21-13-6-7-15(22-2)12(9-13)5-8-16(20)19-17-18-14(10-23-17)11-3-4-11/h6-7,9-11H,3-5,8H2,1-2H3,(H,18,19,20). The van der Waals surface area contributed by atoms with Gasteiger partial charge in [-0.2, -0.15) is 0 Å². The first-order chi connectivity index (χ1) is 11.2. The van der Waals surface area contributed by atoms with Gasteiger partial charge in [0.15, 0.2) is 5.13 Å². The maximum Gasteiger partial charge on any atom is 0.226 e. The number of anilines is 1. The Morgan fingerprint density at radius 1 is 1.35 bits per heavy atom. The van der Waals surface area contributed by atoms with Gasteiger partial charge in [-0.05, 0) is 43.0 Å². The minimum Gasteiger partial charge on any atom is -0.497 e. The number of aryl methyl sites for hydroxylation is 1. The number of nitrogens with one attached hydrogen (secondary N) is 1. The van der Waals surface area contributed by atoms with Gasteiger partial charge < -0.3 is 14.8 Å². The van der Waals surface area contributed by atoms with Gasteiger partial charge in [0.05, 0.1) is 19.9 Å². The predicted molar refractivity (Wildman–Crippen MR) is 90.6 cm³/mol. The van der Waals surface area contributed by atoms with Gasteiger partial charge in [0.25, 0.3) is 0 Å². The second-order valence-electron chi connectivity index (χ2n) is 5.58. The number of hydrogen-bond donors (Lipinski definition) is 1. The summed E-state index contributed by atoms with van der Waals surface area (Å²) in [6.45, 7) is 0. The van der Waals surface area contributed by atoms with Crippen molar-refractivity contribution in [3.05, 3.63) is 34.8 Å². The number of benzene rings is 1. The maximum atomic E-state index is 12.1. The molecule has 1 heterocycles. The van der Waals surface area contributed by atoms with E-state index in [0.29, 0.717) is 23.9 Å². The molecule has 122 valence electrons. The molecule has 0 aliphatic heterocycles. The molecule has 1 aliphatic carbocycles. The number of carbonyl (C=O) groups is 1. The van der Waals surface area contributed by atoms with E-state index in [2.05, 4.69) is 10.3 Å². The molecule has 0 saturated heterocycles. The van der Waals surface area contributed by atoms with Crippen molar-refractivity contribution in [2.24, 2.45) is 0 Å². The number of rotatable bonds is 7. The van der Waals surface area contributed by atoms with E-state index in [-0.39, 0.29) is 5.91 Å². The fourth-order valence-corrected chi connectivity index (χ4v) is 3.23. The Bertz CT molecular complexity index is 695. The van der Waals surface area contributed by atoms with Crippen LogP contribution in [0.5, 0.6) is 11.5 Å². The lowest BCUT2D eigenvalue weighted by Gasteiger charge is -2.10. The molecule has 2 aromatic rings. The van der Waals surface area contributed by atoms with Gasteiger partial charge in [0.1, 0.15) is 11.5 Å². The summed E-state index contributed by atoms with van der Waals surface area (Å²) < 4.78 is 10.6. The van der Waals surface area contributed by atoms with Crippen LogP contribution < -0.4 is 14.8 Å². The molecule has 3 rings (SSSR count). The molecule has 1 N–H and O–H groups in total. The number of hydrogen-bond acceptors (Lipinski definition) is 5. The number of amides is 1. The molecule has 1 amide bonds. The average Bonchev–Trinajstić information content (AvgIpc) is 3.32. The zero-order valence-electron chi connectivity index (χ0n) is 13.3. The zero-order chi connectivity index (χ0) is 16.2. The number of nitrogens with zero attached hydrogens (tertiary/aromatic N) is 1. The summed E-state index contributed by atoms with van der Waals surface area (Å²) in [5, 5.41) is 5.61. The number of methoxy groups -OCH3 is 2. The van der Waals surface area contributed by atoms with E-state index in [4.69, 9.17) is 9.47 Å². The molecule has 1 fully saturated rings. The lowest BCUT2D eigenvalue weighted by molar-refractivity contribution is -0.116.